The van der Waals surface area contributed by atoms with Crippen molar-refractivity contribution in [1.82, 2.24) is 4.90 Å². The first-order valence-electron chi connectivity index (χ1n) is 9.13. The number of carbonyl (C=O) groups is 1. The summed E-state index contributed by atoms with van der Waals surface area (Å²) < 4.78 is 0. The van der Waals surface area contributed by atoms with E-state index < -0.39 is 11.6 Å². The molecular formula is C18H25N3O2. The number of likely N-dealkylation sites (tertiary alicyclic amines) is 1. The van der Waals surface area contributed by atoms with Gasteiger partial charge in [-0.15, -0.1) is 0 Å². The Bertz CT molecular complexity index is 598. The monoisotopic (exact) mass is 315 g/mol. The number of hydrogen-bond acceptors (Lipinski definition) is 4. The average molecular weight is 315 g/mol. The first-order chi connectivity index (χ1) is 10.9. The summed E-state index contributed by atoms with van der Waals surface area (Å²) in [6, 6.07) is 1.72. The molecule has 124 valence electrons. The van der Waals surface area contributed by atoms with Gasteiger partial charge in [0, 0.05) is 6.04 Å². The van der Waals surface area contributed by atoms with Crippen LogP contribution in [0.3, 0.4) is 0 Å². The van der Waals surface area contributed by atoms with Gasteiger partial charge >= 0.3 is 0 Å². The fourth-order valence-corrected chi connectivity index (χ4v) is 6.96. The van der Waals surface area contributed by atoms with Crippen LogP contribution in [0.15, 0.2) is 0 Å². The van der Waals surface area contributed by atoms with Crippen LogP contribution >= 0.6 is 0 Å². The Balaban J connectivity index is 1.43. The second-order valence-corrected chi connectivity index (χ2v) is 9.21. The van der Waals surface area contributed by atoms with Gasteiger partial charge in [-0.1, -0.05) is 0 Å². The number of carbonyl (C=O) groups excluding carboxylic acids is 1. The molecule has 6 rings (SSSR count). The quantitative estimate of drug-likeness (QED) is 0.800. The fraction of sp³-hybridized carbons (Fsp3) is 0.889. The largest absolute Gasteiger partial charge is 0.390 e. The molecule has 0 aromatic rings. The van der Waals surface area contributed by atoms with Gasteiger partial charge < -0.3 is 15.7 Å². The first kappa shape index (κ1) is 14.2. The minimum atomic E-state index is -0.594. The van der Waals surface area contributed by atoms with Crippen molar-refractivity contribution in [2.24, 2.45) is 28.9 Å². The average Bonchev–Trinajstić information content (AvgIpc) is 3.14. The van der Waals surface area contributed by atoms with Crippen LogP contribution < -0.4 is 5.73 Å². The van der Waals surface area contributed by atoms with Gasteiger partial charge in [-0.3, -0.25) is 4.79 Å². The lowest BCUT2D eigenvalue weighted by Gasteiger charge is -2.61. The van der Waals surface area contributed by atoms with Crippen molar-refractivity contribution in [3.63, 3.8) is 0 Å². The molecule has 4 bridgehead atoms. The van der Waals surface area contributed by atoms with Crippen LogP contribution in [0.2, 0.25) is 0 Å². The van der Waals surface area contributed by atoms with Crippen molar-refractivity contribution >= 4 is 5.91 Å². The highest BCUT2D eigenvalue weighted by Gasteiger charge is 2.62. The maximum Gasteiger partial charge on any atom is 0.241 e. The maximum absolute atomic E-state index is 13.1. The highest BCUT2D eigenvalue weighted by Crippen LogP contribution is 2.63. The summed E-state index contributed by atoms with van der Waals surface area (Å²) in [6.07, 6.45) is 7.48. The molecule has 1 aliphatic heterocycles. The van der Waals surface area contributed by atoms with E-state index in [0.717, 1.165) is 38.5 Å². The number of rotatable bonds is 2. The number of aliphatic hydroxyl groups is 1. The fourth-order valence-electron chi connectivity index (χ4n) is 6.96. The van der Waals surface area contributed by atoms with E-state index in [1.54, 1.807) is 4.90 Å². The summed E-state index contributed by atoms with van der Waals surface area (Å²) in [6.45, 7) is 0. The predicted octanol–water partition coefficient (Wildman–Crippen LogP) is 1.16. The predicted molar refractivity (Wildman–Crippen MR) is 82.8 cm³/mol. The smallest absolute Gasteiger partial charge is 0.241 e. The Morgan fingerprint density at radius 2 is 1.91 bits per heavy atom. The van der Waals surface area contributed by atoms with E-state index in [-0.39, 0.29) is 23.4 Å². The van der Waals surface area contributed by atoms with Gasteiger partial charge in [-0.2, -0.15) is 5.26 Å². The lowest BCUT2D eigenvalue weighted by molar-refractivity contribution is -0.177. The maximum atomic E-state index is 13.1. The lowest BCUT2D eigenvalue weighted by Crippen LogP contribution is -2.64. The number of nitriles is 1. The second kappa shape index (κ2) is 4.29. The minimum Gasteiger partial charge on any atom is -0.390 e. The minimum absolute atomic E-state index is 0.0212. The molecule has 0 aromatic heterocycles. The van der Waals surface area contributed by atoms with Crippen LogP contribution in [0.25, 0.3) is 0 Å². The number of fused-ring (bicyclic) bond motifs is 1. The van der Waals surface area contributed by atoms with Crippen LogP contribution in [0.1, 0.15) is 51.4 Å². The number of piperidine rings is 1. The summed E-state index contributed by atoms with van der Waals surface area (Å²) in [4.78, 5) is 14.9. The van der Waals surface area contributed by atoms with E-state index in [9.17, 15) is 15.2 Å². The zero-order valence-corrected chi connectivity index (χ0v) is 13.4. The summed E-state index contributed by atoms with van der Waals surface area (Å²) in [5.74, 6) is 1.56. The molecule has 2 unspecified atom stereocenters. The van der Waals surface area contributed by atoms with Gasteiger partial charge in [0.1, 0.15) is 6.04 Å². The number of hydrogen-bond donors (Lipinski definition) is 2. The molecule has 23 heavy (non-hydrogen) atoms. The van der Waals surface area contributed by atoms with Gasteiger partial charge in [0.05, 0.1) is 17.7 Å². The third kappa shape index (κ3) is 1.88. The van der Waals surface area contributed by atoms with Gasteiger partial charge in [0.2, 0.25) is 5.91 Å². The molecule has 6 aliphatic rings. The normalized spacial score (nSPS) is 53.8. The van der Waals surface area contributed by atoms with Gasteiger partial charge in [-0.05, 0) is 74.5 Å². The van der Waals surface area contributed by atoms with Crippen molar-refractivity contribution in [2.45, 2.75) is 75.1 Å². The molecular weight excluding hydrogens is 290 g/mol. The van der Waals surface area contributed by atoms with E-state index in [0.29, 0.717) is 24.2 Å². The topological polar surface area (TPSA) is 90.4 Å². The van der Waals surface area contributed by atoms with Crippen molar-refractivity contribution in [3.8, 4) is 6.07 Å². The molecule has 0 aromatic carbocycles. The van der Waals surface area contributed by atoms with Gasteiger partial charge in [-0.25, -0.2) is 0 Å². The van der Waals surface area contributed by atoms with Crippen molar-refractivity contribution < 1.29 is 9.90 Å². The Hall–Kier alpha value is -1.12. The first-order valence-corrected chi connectivity index (χ1v) is 9.13. The number of nitrogens with zero attached hydrogens (tertiary/aromatic N) is 2. The third-order valence-corrected chi connectivity index (χ3v) is 7.51. The van der Waals surface area contributed by atoms with Crippen molar-refractivity contribution in [2.75, 3.05) is 0 Å². The number of nitrogens with two attached hydrogens (primary N) is 1. The summed E-state index contributed by atoms with van der Waals surface area (Å²) >= 11 is 0. The van der Waals surface area contributed by atoms with E-state index in [4.69, 9.17) is 5.73 Å². The molecule has 1 saturated heterocycles. The van der Waals surface area contributed by atoms with Gasteiger partial charge in [0.25, 0.3) is 0 Å². The molecule has 5 saturated carbocycles. The van der Waals surface area contributed by atoms with E-state index in [1.807, 2.05) is 0 Å². The van der Waals surface area contributed by atoms with Crippen LogP contribution in [0, 0.1) is 34.5 Å². The molecule has 0 radical (unpaired) electrons. The Kier molecular flexibility index (Phi) is 2.65. The molecule has 0 spiro atoms. The Morgan fingerprint density at radius 1 is 1.22 bits per heavy atom. The second-order valence-electron chi connectivity index (χ2n) is 9.21. The van der Waals surface area contributed by atoms with Gasteiger partial charge in [0.15, 0.2) is 0 Å². The van der Waals surface area contributed by atoms with E-state index in [1.165, 1.54) is 6.42 Å². The van der Waals surface area contributed by atoms with E-state index in [2.05, 4.69) is 6.07 Å². The van der Waals surface area contributed by atoms with E-state index >= 15 is 0 Å². The number of amides is 1. The molecule has 1 heterocycles. The standard InChI is InChI=1S/C18H25N3O2/c19-8-13-2-12-3-14(12)21(13)16(22)15(20)17-4-10-1-11(5-17)7-18(23,6-10)9-17/h10-15,23H,1-7,9,20H2/t10?,11?,12-,13+,14+,15+,17?,18?/m1/s1. The highest BCUT2D eigenvalue weighted by molar-refractivity contribution is 5.84. The summed E-state index contributed by atoms with van der Waals surface area (Å²) in [5.41, 5.74) is 5.71. The summed E-state index contributed by atoms with van der Waals surface area (Å²) in [5, 5.41) is 20.2. The zero-order chi connectivity index (χ0) is 16.0. The SMILES string of the molecule is N#C[C@@H]1C[C@@H]2C[C@@H]2N1C(=O)[C@H](N)C12CC3CC(CC(O)(C3)C1)C2. The molecule has 6 atom stereocenters. The Labute approximate surface area is 136 Å². The van der Waals surface area contributed by atoms with Crippen LogP contribution in [-0.4, -0.2) is 39.6 Å². The molecule has 3 N–H and O–H groups in total. The summed E-state index contributed by atoms with van der Waals surface area (Å²) in [7, 11) is 0. The van der Waals surface area contributed by atoms with Crippen molar-refractivity contribution in [1.29, 1.82) is 5.26 Å². The zero-order valence-electron chi connectivity index (χ0n) is 13.4. The lowest BCUT2D eigenvalue weighted by atomic mass is 9.46. The highest BCUT2D eigenvalue weighted by atomic mass is 16.3. The molecule has 1 amide bonds. The molecule has 5 heteroatoms. The third-order valence-electron chi connectivity index (χ3n) is 7.51. The molecule has 6 fully saturated rings. The van der Waals surface area contributed by atoms with Crippen LogP contribution in [0.5, 0.6) is 0 Å². The molecule has 5 nitrogen and oxygen atoms in total. The van der Waals surface area contributed by atoms with Crippen LogP contribution in [0.4, 0.5) is 0 Å². The van der Waals surface area contributed by atoms with Crippen molar-refractivity contribution in [3.05, 3.63) is 0 Å². The molecule has 5 aliphatic carbocycles. The van der Waals surface area contributed by atoms with Crippen LogP contribution in [-0.2, 0) is 4.79 Å². The Morgan fingerprint density at radius 3 is 2.52 bits per heavy atom.